The summed E-state index contributed by atoms with van der Waals surface area (Å²) in [5.74, 6) is -5.70. The zero-order valence-corrected chi connectivity index (χ0v) is 19.0. The van der Waals surface area contributed by atoms with Gasteiger partial charge in [0.05, 0.1) is 16.3 Å². The van der Waals surface area contributed by atoms with Gasteiger partial charge in [-0.3, -0.25) is 9.78 Å². The average Bonchev–Trinajstić information content (AvgIpc) is 2.81. The predicted octanol–water partition coefficient (Wildman–Crippen LogP) is 6.47. The number of nitrogens with zero attached hydrogens (tertiary/aromatic N) is 2. The standard InChI is InChI=1S/C23H11ClF9N3O2/c24-13-2-4-18(35-9-13)21(10-34,12-6-14(25)8-15(7-12)38-23(32,33)20(27)28)36-19(37)11-1-3-17(26)16(5-11)22(29,30)31/h1-9,20H,(H,36,37). The molecule has 1 atom stereocenters. The molecule has 0 aliphatic rings. The fourth-order valence-corrected chi connectivity index (χ4v) is 3.31. The highest BCUT2D eigenvalue weighted by atomic mass is 35.5. The van der Waals surface area contributed by atoms with Gasteiger partial charge in [0, 0.05) is 23.4 Å². The fourth-order valence-electron chi connectivity index (χ4n) is 3.20. The van der Waals surface area contributed by atoms with E-state index in [1.54, 1.807) is 6.07 Å². The number of nitrogens with one attached hydrogen (secondary N) is 1. The molecule has 1 aromatic heterocycles. The number of amides is 1. The number of hydrogen-bond donors (Lipinski definition) is 1. The predicted molar refractivity (Wildman–Crippen MR) is 112 cm³/mol. The highest BCUT2D eigenvalue weighted by molar-refractivity contribution is 6.30. The normalized spacial score (nSPS) is 13.5. The molecule has 0 saturated heterocycles. The van der Waals surface area contributed by atoms with Gasteiger partial charge in [-0.1, -0.05) is 11.6 Å². The first-order chi connectivity index (χ1) is 17.6. The van der Waals surface area contributed by atoms with E-state index in [-0.39, 0.29) is 17.2 Å². The van der Waals surface area contributed by atoms with Crippen LogP contribution in [-0.4, -0.2) is 23.4 Å². The van der Waals surface area contributed by atoms with Gasteiger partial charge in [-0.15, -0.1) is 0 Å². The molecule has 1 N–H and O–H groups in total. The molecule has 0 aliphatic carbocycles. The summed E-state index contributed by atoms with van der Waals surface area (Å²) in [5, 5.41) is 12.1. The van der Waals surface area contributed by atoms with Crippen LogP contribution in [0, 0.1) is 23.0 Å². The van der Waals surface area contributed by atoms with Crippen molar-refractivity contribution < 1.29 is 49.0 Å². The average molecular weight is 568 g/mol. The molecule has 15 heteroatoms. The Morgan fingerprint density at radius 1 is 1.03 bits per heavy atom. The molecule has 0 aliphatic heterocycles. The van der Waals surface area contributed by atoms with Crippen molar-refractivity contribution in [2.24, 2.45) is 0 Å². The minimum atomic E-state index is -5.20. The molecular formula is C23H11ClF9N3O2. The Morgan fingerprint density at radius 3 is 2.26 bits per heavy atom. The lowest BCUT2D eigenvalue weighted by Gasteiger charge is -2.29. The highest BCUT2D eigenvalue weighted by Gasteiger charge is 2.45. The maximum Gasteiger partial charge on any atom is 0.461 e. The van der Waals surface area contributed by atoms with E-state index in [1.807, 2.05) is 5.32 Å². The number of carbonyl (C=O) groups is 1. The molecule has 200 valence electrons. The Hall–Kier alpha value is -3.99. The first kappa shape index (κ1) is 28.6. The van der Waals surface area contributed by atoms with Crippen LogP contribution in [-0.2, 0) is 11.7 Å². The van der Waals surface area contributed by atoms with E-state index in [4.69, 9.17) is 11.6 Å². The number of rotatable bonds is 7. The van der Waals surface area contributed by atoms with Crippen LogP contribution in [0.5, 0.6) is 5.75 Å². The molecular weight excluding hydrogens is 557 g/mol. The van der Waals surface area contributed by atoms with Crippen LogP contribution < -0.4 is 10.1 Å². The van der Waals surface area contributed by atoms with Gasteiger partial charge in [0.25, 0.3) is 5.91 Å². The van der Waals surface area contributed by atoms with Crippen molar-refractivity contribution in [2.75, 3.05) is 0 Å². The van der Waals surface area contributed by atoms with Crippen LogP contribution >= 0.6 is 11.6 Å². The fraction of sp³-hybridized carbons (Fsp3) is 0.174. The molecule has 0 spiro atoms. The van der Waals surface area contributed by atoms with Gasteiger partial charge in [-0.05, 0) is 42.5 Å². The number of nitriles is 1. The minimum Gasteiger partial charge on any atom is -0.428 e. The molecule has 0 radical (unpaired) electrons. The lowest BCUT2D eigenvalue weighted by atomic mass is 9.86. The van der Waals surface area contributed by atoms with Crippen molar-refractivity contribution >= 4 is 17.5 Å². The maximum absolute atomic E-state index is 14.4. The smallest absolute Gasteiger partial charge is 0.428 e. The molecule has 1 unspecified atom stereocenters. The lowest BCUT2D eigenvalue weighted by Crippen LogP contribution is -2.46. The molecule has 2 aromatic carbocycles. The Labute approximate surface area is 212 Å². The number of pyridine rings is 1. The number of benzene rings is 2. The van der Waals surface area contributed by atoms with Crippen LogP contribution in [0.3, 0.4) is 0 Å². The summed E-state index contributed by atoms with van der Waals surface area (Å²) in [7, 11) is 0. The van der Waals surface area contributed by atoms with Crippen molar-refractivity contribution in [2.45, 2.75) is 24.2 Å². The molecule has 0 bridgehead atoms. The van der Waals surface area contributed by atoms with Gasteiger partial charge < -0.3 is 10.1 Å². The van der Waals surface area contributed by atoms with Gasteiger partial charge in [0.2, 0.25) is 0 Å². The highest BCUT2D eigenvalue weighted by Crippen LogP contribution is 2.36. The Morgan fingerprint density at radius 2 is 1.71 bits per heavy atom. The molecule has 0 saturated carbocycles. The third kappa shape index (κ3) is 5.94. The second-order valence-electron chi connectivity index (χ2n) is 7.51. The van der Waals surface area contributed by atoms with Gasteiger partial charge >= 0.3 is 18.7 Å². The molecule has 1 heterocycles. The van der Waals surface area contributed by atoms with Crippen molar-refractivity contribution in [3.8, 4) is 11.8 Å². The minimum absolute atomic E-state index is 0.0140. The van der Waals surface area contributed by atoms with Crippen molar-refractivity contribution in [1.82, 2.24) is 10.3 Å². The summed E-state index contributed by atoms with van der Waals surface area (Å²) >= 11 is 5.77. The summed E-state index contributed by atoms with van der Waals surface area (Å²) in [6.45, 7) is 0. The monoisotopic (exact) mass is 567 g/mol. The number of alkyl halides is 7. The van der Waals surface area contributed by atoms with E-state index in [9.17, 15) is 49.6 Å². The zero-order chi connectivity index (χ0) is 28.5. The second kappa shape index (κ2) is 10.4. The van der Waals surface area contributed by atoms with Crippen LogP contribution in [0.2, 0.25) is 5.02 Å². The van der Waals surface area contributed by atoms with Gasteiger partial charge in [-0.2, -0.15) is 36.0 Å². The largest absolute Gasteiger partial charge is 0.461 e. The number of aromatic nitrogens is 1. The van der Waals surface area contributed by atoms with E-state index in [0.29, 0.717) is 24.3 Å². The molecule has 38 heavy (non-hydrogen) atoms. The molecule has 0 fully saturated rings. The molecule has 3 aromatic rings. The van der Waals surface area contributed by atoms with Crippen LogP contribution in [0.4, 0.5) is 39.5 Å². The van der Waals surface area contributed by atoms with Crippen LogP contribution in [0.1, 0.15) is 27.2 Å². The first-order valence-corrected chi connectivity index (χ1v) is 10.4. The maximum atomic E-state index is 14.4. The molecule has 3 rings (SSSR count). The summed E-state index contributed by atoms with van der Waals surface area (Å²) in [6.07, 6.45) is -13.6. The number of hydrogen-bond acceptors (Lipinski definition) is 4. The second-order valence-corrected chi connectivity index (χ2v) is 7.95. The van der Waals surface area contributed by atoms with E-state index >= 15 is 0 Å². The van der Waals surface area contributed by atoms with Crippen molar-refractivity contribution in [3.05, 3.63) is 93.8 Å². The quantitative estimate of drug-likeness (QED) is 0.332. The summed E-state index contributed by atoms with van der Waals surface area (Å²) in [4.78, 5) is 16.8. The molecule has 1 amide bonds. The number of ether oxygens (including phenoxy) is 1. The Bertz CT molecular complexity index is 1390. The summed E-state index contributed by atoms with van der Waals surface area (Å²) in [6, 6.07) is 6.25. The van der Waals surface area contributed by atoms with Crippen LogP contribution in [0.25, 0.3) is 0 Å². The van der Waals surface area contributed by atoms with E-state index in [0.717, 1.165) is 18.3 Å². The van der Waals surface area contributed by atoms with Gasteiger partial charge in [-0.25, -0.2) is 8.78 Å². The lowest BCUT2D eigenvalue weighted by molar-refractivity contribution is -0.253. The first-order valence-electron chi connectivity index (χ1n) is 9.97. The van der Waals surface area contributed by atoms with Crippen molar-refractivity contribution in [3.63, 3.8) is 0 Å². The third-order valence-corrected chi connectivity index (χ3v) is 5.15. The third-order valence-electron chi connectivity index (χ3n) is 4.93. The SMILES string of the molecule is N#CC(NC(=O)c1ccc(F)c(C(F)(F)F)c1)(c1cc(F)cc(OC(F)(F)C(F)F)c1)c1ccc(Cl)cn1. The number of carbonyl (C=O) groups excluding carboxylic acids is 1. The van der Waals surface area contributed by atoms with Gasteiger partial charge in [0.1, 0.15) is 23.5 Å². The van der Waals surface area contributed by atoms with E-state index in [2.05, 4.69) is 9.72 Å². The van der Waals surface area contributed by atoms with Crippen molar-refractivity contribution in [1.29, 1.82) is 5.26 Å². The number of halogens is 10. The zero-order valence-electron chi connectivity index (χ0n) is 18.3. The summed E-state index contributed by atoms with van der Waals surface area (Å²) in [5.41, 5.74) is -6.37. The Balaban J connectivity index is 2.18. The van der Waals surface area contributed by atoms with E-state index < -0.39 is 69.9 Å². The van der Waals surface area contributed by atoms with E-state index in [1.165, 1.54) is 0 Å². The van der Waals surface area contributed by atoms with Gasteiger partial charge in [0.15, 0.2) is 5.54 Å². The molecule has 5 nitrogen and oxygen atoms in total. The van der Waals surface area contributed by atoms with Crippen LogP contribution in [0.15, 0.2) is 54.7 Å². The summed E-state index contributed by atoms with van der Waals surface area (Å²) < 4.78 is 123. The Kier molecular flexibility index (Phi) is 7.83. The topological polar surface area (TPSA) is 75.0 Å².